The van der Waals surface area contributed by atoms with Gasteiger partial charge in [-0.1, -0.05) is 17.3 Å². The quantitative estimate of drug-likeness (QED) is 0.529. The molecule has 1 aliphatic heterocycles. The summed E-state index contributed by atoms with van der Waals surface area (Å²) in [4.78, 5) is 19.0. The van der Waals surface area contributed by atoms with Crippen LogP contribution >= 0.6 is 0 Å². The van der Waals surface area contributed by atoms with Crippen molar-refractivity contribution < 1.29 is 18.8 Å². The number of amides is 1. The van der Waals surface area contributed by atoms with Gasteiger partial charge in [0.25, 0.3) is 0 Å². The minimum atomic E-state index is 0.0115. The van der Waals surface area contributed by atoms with E-state index in [0.29, 0.717) is 24.7 Å². The Morgan fingerprint density at radius 3 is 2.53 bits per heavy atom. The summed E-state index contributed by atoms with van der Waals surface area (Å²) in [5.74, 6) is 3.59. The Morgan fingerprint density at radius 2 is 1.81 bits per heavy atom. The third kappa shape index (κ3) is 4.77. The van der Waals surface area contributed by atoms with E-state index in [4.69, 9.17) is 14.0 Å². The average molecular weight is 434 g/mol. The summed E-state index contributed by atoms with van der Waals surface area (Å²) >= 11 is 0. The lowest BCUT2D eigenvalue weighted by Gasteiger charge is -2.17. The summed E-state index contributed by atoms with van der Waals surface area (Å²) in [7, 11) is 1.65. The zero-order valence-corrected chi connectivity index (χ0v) is 18.2. The highest BCUT2D eigenvalue weighted by molar-refractivity contribution is 5.76. The molecule has 0 bridgehead atoms. The molecular weight excluding hydrogens is 406 g/mol. The standard InChI is InChI=1S/C25H27N3O4/c1-30-20-9-2-17(3-10-20)4-13-23(29)28-15-14-22(16-28)31-21-11-7-18(8-12-21)24-26-25(32-27-24)19-5-6-19/h2-3,7-12,19,22H,4-6,13-16H2,1H3. The maximum atomic E-state index is 12.6. The van der Waals surface area contributed by atoms with Crippen molar-refractivity contribution in [2.24, 2.45) is 0 Å². The zero-order valence-electron chi connectivity index (χ0n) is 18.2. The van der Waals surface area contributed by atoms with Gasteiger partial charge < -0.3 is 18.9 Å². The van der Waals surface area contributed by atoms with Crippen LogP contribution in [0.15, 0.2) is 53.1 Å². The molecule has 0 N–H and O–H groups in total. The Morgan fingerprint density at radius 1 is 1.06 bits per heavy atom. The first kappa shape index (κ1) is 20.5. The van der Waals surface area contributed by atoms with E-state index in [1.54, 1.807) is 7.11 Å². The van der Waals surface area contributed by atoms with Gasteiger partial charge in [0.05, 0.1) is 13.7 Å². The topological polar surface area (TPSA) is 77.7 Å². The van der Waals surface area contributed by atoms with Crippen LogP contribution in [0.2, 0.25) is 0 Å². The molecule has 7 heteroatoms. The molecule has 7 nitrogen and oxygen atoms in total. The van der Waals surface area contributed by atoms with Crippen LogP contribution in [-0.4, -0.2) is 47.3 Å². The van der Waals surface area contributed by atoms with Gasteiger partial charge in [0.15, 0.2) is 0 Å². The Balaban J connectivity index is 1.10. The van der Waals surface area contributed by atoms with E-state index < -0.39 is 0 Å². The molecule has 0 radical (unpaired) electrons. The predicted molar refractivity (Wildman–Crippen MR) is 119 cm³/mol. The molecule has 1 saturated heterocycles. The van der Waals surface area contributed by atoms with Crippen LogP contribution in [0.3, 0.4) is 0 Å². The molecule has 1 saturated carbocycles. The Bertz CT molecular complexity index is 1060. The monoisotopic (exact) mass is 433 g/mol. The fourth-order valence-electron chi connectivity index (χ4n) is 3.98. The highest BCUT2D eigenvalue weighted by Crippen LogP contribution is 2.39. The first-order valence-corrected chi connectivity index (χ1v) is 11.2. The molecule has 3 aromatic rings. The molecule has 1 aromatic heterocycles. The van der Waals surface area contributed by atoms with Crippen LogP contribution < -0.4 is 9.47 Å². The summed E-state index contributed by atoms with van der Waals surface area (Å²) in [6.07, 6.45) is 4.35. The lowest BCUT2D eigenvalue weighted by molar-refractivity contribution is -0.130. The molecule has 2 heterocycles. The van der Waals surface area contributed by atoms with Crippen molar-refractivity contribution in [1.82, 2.24) is 15.0 Å². The molecule has 0 spiro atoms. The van der Waals surface area contributed by atoms with Gasteiger partial charge in [-0.25, -0.2) is 0 Å². The normalized spacial score (nSPS) is 18.0. The van der Waals surface area contributed by atoms with Crippen LogP contribution in [0.25, 0.3) is 11.4 Å². The number of aryl methyl sites for hydroxylation is 1. The molecule has 1 amide bonds. The van der Waals surface area contributed by atoms with Gasteiger partial charge in [-0.05, 0) is 61.2 Å². The largest absolute Gasteiger partial charge is 0.497 e. The lowest BCUT2D eigenvalue weighted by atomic mass is 10.1. The van der Waals surface area contributed by atoms with Crippen molar-refractivity contribution >= 4 is 5.91 Å². The van der Waals surface area contributed by atoms with Crippen molar-refractivity contribution in [3.63, 3.8) is 0 Å². The number of ether oxygens (including phenoxy) is 2. The van der Waals surface area contributed by atoms with E-state index in [0.717, 1.165) is 60.7 Å². The smallest absolute Gasteiger partial charge is 0.230 e. The highest BCUT2D eigenvalue weighted by Gasteiger charge is 2.30. The minimum absolute atomic E-state index is 0.0115. The summed E-state index contributed by atoms with van der Waals surface area (Å²) < 4.78 is 16.6. The van der Waals surface area contributed by atoms with Crippen LogP contribution in [0, 0.1) is 0 Å². The molecule has 1 aliphatic carbocycles. The molecule has 1 unspecified atom stereocenters. The summed E-state index contributed by atoms with van der Waals surface area (Å²) in [5, 5.41) is 4.08. The van der Waals surface area contributed by atoms with Gasteiger partial charge in [0.1, 0.15) is 17.6 Å². The predicted octanol–water partition coefficient (Wildman–Crippen LogP) is 4.24. The average Bonchev–Trinajstić information content (AvgIpc) is 3.37. The second-order valence-corrected chi connectivity index (χ2v) is 8.47. The number of rotatable bonds is 8. The van der Waals surface area contributed by atoms with Gasteiger partial charge in [-0.15, -0.1) is 0 Å². The highest BCUT2D eigenvalue weighted by atomic mass is 16.5. The summed E-state index contributed by atoms with van der Waals surface area (Å²) in [6, 6.07) is 15.6. The van der Waals surface area contributed by atoms with E-state index in [1.165, 1.54) is 0 Å². The van der Waals surface area contributed by atoms with Crippen molar-refractivity contribution in [1.29, 1.82) is 0 Å². The van der Waals surface area contributed by atoms with Crippen LogP contribution in [-0.2, 0) is 11.2 Å². The Kier molecular flexibility index (Phi) is 5.79. The number of methoxy groups -OCH3 is 1. The number of likely N-dealkylation sites (tertiary alicyclic amines) is 1. The Hall–Kier alpha value is -3.35. The second-order valence-electron chi connectivity index (χ2n) is 8.47. The van der Waals surface area contributed by atoms with Gasteiger partial charge >= 0.3 is 0 Å². The molecule has 32 heavy (non-hydrogen) atoms. The number of hydrogen-bond donors (Lipinski definition) is 0. The third-order valence-electron chi connectivity index (χ3n) is 6.07. The first-order chi connectivity index (χ1) is 15.7. The van der Waals surface area contributed by atoms with Gasteiger partial charge in [0.2, 0.25) is 17.6 Å². The maximum absolute atomic E-state index is 12.6. The van der Waals surface area contributed by atoms with Crippen molar-refractivity contribution in [2.75, 3.05) is 20.2 Å². The lowest BCUT2D eigenvalue weighted by Crippen LogP contribution is -2.31. The fourth-order valence-corrected chi connectivity index (χ4v) is 3.98. The molecule has 2 aromatic carbocycles. The molecule has 5 rings (SSSR count). The van der Waals surface area contributed by atoms with Gasteiger partial charge in [-0.2, -0.15) is 4.98 Å². The number of carbonyl (C=O) groups excluding carboxylic acids is 1. The van der Waals surface area contributed by atoms with Crippen molar-refractivity contribution in [3.05, 3.63) is 60.0 Å². The Labute approximate surface area is 187 Å². The minimum Gasteiger partial charge on any atom is -0.497 e. The van der Waals surface area contributed by atoms with E-state index >= 15 is 0 Å². The number of hydrogen-bond acceptors (Lipinski definition) is 6. The molecule has 166 valence electrons. The molecular formula is C25H27N3O4. The van der Waals surface area contributed by atoms with Crippen LogP contribution in [0.4, 0.5) is 0 Å². The van der Waals surface area contributed by atoms with Crippen molar-refractivity contribution in [3.8, 4) is 22.9 Å². The zero-order chi connectivity index (χ0) is 21.9. The first-order valence-electron chi connectivity index (χ1n) is 11.2. The molecule has 2 fully saturated rings. The number of benzene rings is 2. The van der Waals surface area contributed by atoms with E-state index in [1.807, 2.05) is 53.4 Å². The van der Waals surface area contributed by atoms with Crippen LogP contribution in [0.5, 0.6) is 11.5 Å². The second kappa shape index (κ2) is 9.02. The summed E-state index contributed by atoms with van der Waals surface area (Å²) in [5.41, 5.74) is 2.05. The van der Waals surface area contributed by atoms with Gasteiger partial charge in [0, 0.05) is 30.9 Å². The van der Waals surface area contributed by atoms with Gasteiger partial charge in [-0.3, -0.25) is 4.79 Å². The fraction of sp³-hybridized carbons (Fsp3) is 0.400. The maximum Gasteiger partial charge on any atom is 0.230 e. The van der Waals surface area contributed by atoms with E-state index in [-0.39, 0.29) is 12.0 Å². The number of carbonyl (C=O) groups is 1. The number of nitrogens with zero attached hydrogens (tertiary/aromatic N) is 3. The van der Waals surface area contributed by atoms with E-state index in [9.17, 15) is 4.79 Å². The molecule has 2 aliphatic rings. The summed E-state index contributed by atoms with van der Waals surface area (Å²) in [6.45, 7) is 1.36. The third-order valence-corrected chi connectivity index (χ3v) is 6.07. The SMILES string of the molecule is COc1ccc(CCC(=O)N2CCC(Oc3ccc(-c4noc(C5CC5)n4)cc3)C2)cc1. The number of aromatic nitrogens is 2. The molecule has 1 atom stereocenters. The van der Waals surface area contributed by atoms with Crippen LogP contribution in [0.1, 0.15) is 43.1 Å². The van der Waals surface area contributed by atoms with Crippen molar-refractivity contribution in [2.45, 2.75) is 44.1 Å². The van der Waals surface area contributed by atoms with E-state index in [2.05, 4.69) is 10.1 Å².